The van der Waals surface area contributed by atoms with Crippen molar-refractivity contribution in [1.82, 2.24) is 10.2 Å². The van der Waals surface area contributed by atoms with Crippen molar-refractivity contribution in [1.29, 1.82) is 0 Å². The van der Waals surface area contributed by atoms with Crippen LogP contribution in [0.15, 0.2) is 29.2 Å². The minimum Gasteiger partial charge on any atom is -0.345 e. The number of nitrogens with one attached hydrogen (secondary N) is 1. The van der Waals surface area contributed by atoms with E-state index in [0.717, 1.165) is 42.9 Å². The van der Waals surface area contributed by atoms with Crippen molar-refractivity contribution in [2.24, 2.45) is 0 Å². The number of carbonyl (C=O) groups excluding carboxylic acids is 3. The zero-order valence-corrected chi connectivity index (χ0v) is 16.1. The number of para-hydroxylation sites is 1. The molecule has 1 aromatic rings. The van der Waals surface area contributed by atoms with Crippen LogP contribution < -0.4 is 10.2 Å². The summed E-state index contributed by atoms with van der Waals surface area (Å²) in [5.74, 6) is -0.736. The average molecular weight is 375 g/mol. The van der Waals surface area contributed by atoms with E-state index in [2.05, 4.69) is 5.32 Å². The molecule has 6 nitrogen and oxygen atoms in total. The highest BCUT2D eigenvalue weighted by Gasteiger charge is 2.48. The summed E-state index contributed by atoms with van der Waals surface area (Å²) in [6.07, 6.45) is 3.16. The smallest absolute Gasteiger partial charge is 0.252 e. The van der Waals surface area contributed by atoms with Crippen LogP contribution in [0, 0.1) is 0 Å². The van der Waals surface area contributed by atoms with Gasteiger partial charge in [-0.2, -0.15) is 0 Å². The van der Waals surface area contributed by atoms with E-state index in [-0.39, 0.29) is 18.4 Å². The number of hydrogen-bond acceptors (Lipinski definition) is 4. The quantitative estimate of drug-likeness (QED) is 0.818. The van der Waals surface area contributed by atoms with Gasteiger partial charge in [-0.25, -0.2) is 0 Å². The largest absolute Gasteiger partial charge is 0.345 e. The first kappa shape index (κ1) is 18.8. The monoisotopic (exact) mass is 375 g/mol. The van der Waals surface area contributed by atoms with Crippen molar-refractivity contribution in [3.8, 4) is 0 Å². The Labute approximate surface area is 158 Å². The van der Waals surface area contributed by atoms with Crippen LogP contribution in [0.2, 0.25) is 0 Å². The third-order valence-corrected chi connectivity index (χ3v) is 6.32. The minimum atomic E-state index is -1.27. The van der Waals surface area contributed by atoms with Crippen LogP contribution in [0.3, 0.4) is 0 Å². The Morgan fingerprint density at radius 1 is 1.19 bits per heavy atom. The first-order chi connectivity index (χ1) is 12.5. The molecular formula is C19H25N3O3S. The van der Waals surface area contributed by atoms with Crippen molar-refractivity contribution in [3.63, 3.8) is 0 Å². The normalized spacial score (nSPS) is 22.8. The highest BCUT2D eigenvalue weighted by Crippen LogP contribution is 2.45. The summed E-state index contributed by atoms with van der Waals surface area (Å²) in [5.41, 5.74) is 0.833. The summed E-state index contributed by atoms with van der Waals surface area (Å²) in [5, 5.41) is 2.70. The molecule has 0 aromatic heterocycles. The zero-order chi connectivity index (χ0) is 18.7. The Hall–Kier alpha value is -2.02. The van der Waals surface area contributed by atoms with Gasteiger partial charge in [0.25, 0.3) is 5.91 Å². The van der Waals surface area contributed by atoms with Gasteiger partial charge in [0.15, 0.2) is 4.75 Å². The molecule has 1 aromatic carbocycles. The molecule has 1 N–H and O–H groups in total. The maximum absolute atomic E-state index is 13.0. The lowest BCUT2D eigenvalue weighted by atomic mass is 10.1. The van der Waals surface area contributed by atoms with E-state index in [4.69, 9.17) is 0 Å². The molecule has 1 saturated heterocycles. The topological polar surface area (TPSA) is 69.7 Å². The van der Waals surface area contributed by atoms with Gasteiger partial charge in [-0.05, 0) is 45.2 Å². The predicted molar refractivity (Wildman–Crippen MR) is 102 cm³/mol. The van der Waals surface area contributed by atoms with Gasteiger partial charge < -0.3 is 15.1 Å². The van der Waals surface area contributed by atoms with Gasteiger partial charge in [-0.3, -0.25) is 14.4 Å². The fraction of sp³-hybridized carbons (Fsp3) is 0.526. The number of piperidine rings is 1. The van der Waals surface area contributed by atoms with Crippen LogP contribution >= 0.6 is 11.8 Å². The average Bonchev–Trinajstić information content (AvgIpc) is 2.67. The third kappa shape index (κ3) is 3.45. The van der Waals surface area contributed by atoms with Gasteiger partial charge in [0, 0.05) is 24.5 Å². The number of hydrogen-bond donors (Lipinski definition) is 1. The number of likely N-dealkylation sites (tertiary alicyclic amines) is 1. The molecule has 0 bridgehead atoms. The molecule has 0 aliphatic carbocycles. The van der Waals surface area contributed by atoms with E-state index in [1.807, 2.05) is 31.2 Å². The molecule has 1 unspecified atom stereocenters. The molecule has 1 fully saturated rings. The second-order valence-electron chi connectivity index (χ2n) is 6.78. The molecule has 0 radical (unpaired) electrons. The lowest BCUT2D eigenvalue weighted by Crippen LogP contribution is -2.57. The van der Waals surface area contributed by atoms with Gasteiger partial charge in [0.1, 0.15) is 0 Å². The fourth-order valence-electron chi connectivity index (χ4n) is 3.43. The molecule has 2 heterocycles. The number of benzene rings is 1. The number of thioether (sulfide) groups is 1. The molecule has 0 spiro atoms. The van der Waals surface area contributed by atoms with Crippen molar-refractivity contribution >= 4 is 35.2 Å². The van der Waals surface area contributed by atoms with E-state index in [9.17, 15) is 14.4 Å². The first-order valence-corrected chi connectivity index (χ1v) is 9.95. The summed E-state index contributed by atoms with van der Waals surface area (Å²) < 4.78 is -1.27. The summed E-state index contributed by atoms with van der Waals surface area (Å²) in [7, 11) is 0. The molecule has 7 heteroatoms. The molecule has 2 aliphatic rings. The molecule has 1 atom stereocenters. The van der Waals surface area contributed by atoms with E-state index in [0.29, 0.717) is 6.54 Å². The van der Waals surface area contributed by atoms with Gasteiger partial charge in [-0.1, -0.05) is 23.9 Å². The van der Waals surface area contributed by atoms with Crippen LogP contribution in [0.4, 0.5) is 5.69 Å². The van der Waals surface area contributed by atoms with Crippen molar-refractivity contribution in [2.75, 3.05) is 31.1 Å². The molecule has 26 heavy (non-hydrogen) atoms. The van der Waals surface area contributed by atoms with E-state index in [1.165, 1.54) is 11.8 Å². The predicted octanol–water partition coefficient (Wildman–Crippen LogP) is 2.03. The van der Waals surface area contributed by atoms with Crippen molar-refractivity contribution < 1.29 is 14.4 Å². The van der Waals surface area contributed by atoms with Crippen LogP contribution in [0.25, 0.3) is 0 Å². The van der Waals surface area contributed by atoms with E-state index in [1.54, 1.807) is 16.7 Å². The maximum Gasteiger partial charge on any atom is 0.252 e. The maximum atomic E-state index is 13.0. The lowest BCUT2D eigenvalue weighted by Gasteiger charge is -2.38. The van der Waals surface area contributed by atoms with Crippen LogP contribution in [0.1, 0.15) is 33.1 Å². The fourth-order valence-corrected chi connectivity index (χ4v) is 4.67. The SMILES string of the molecule is CCN1C(=O)C(C)(C(=O)NCC(=O)N2CCCCC2)Sc2ccccc21. The highest BCUT2D eigenvalue weighted by atomic mass is 32.2. The van der Waals surface area contributed by atoms with Crippen LogP contribution in [0.5, 0.6) is 0 Å². The van der Waals surface area contributed by atoms with Crippen LogP contribution in [-0.4, -0.2) is 53.5 Å². The van der Waals surface area contributed by atoms with Gasteiger partial charge in [0.05, 0.1) is 12.2 Å². The molecule has 3 amide bonds. The number of rotatable bonds is 4. The molecule has 0 saturated carbocycles. The number of carbonyl (C=O) groups is 3. The number of nitrogens with zero attached hydrogens (tertiary/aromatic N) is 2. The molecular weight excluding hydrogens is 350 g/mol. The number of amides is 3. The van der Waals surface area contributed by atoms with Gasteiger partial charge >= 0.3 is 0 Å². The Morgan fingerprint density at radius 3 is 2.58 bits per heavy atom. The molecule has 140 valence electrons. The number of fused-ring (bicyclic) bond motifs is 1. The molecule has 3 rings (SSSR count). The van der Waals surface area contributed by atoms with Gasteiger partial charge in [0.2, 0.25) is 11.8 Å². The molecule has 2 aliphatic heterocycles. The lowest BCUT2D eigenvalue weighted by molar-refractivity contribution is -0.136. The second-order valence-corrected chi connectivity index (χ2v) is 8.24. The Bertz CT molecular complexity index is 718. The summed E-state index contributed by atoms with van der Waals surface area (Å²) >= 11 is 1.25. The van der Waals surface area contributed by atoms with Gasteiger partial charge in [-0.15, -0.1) is 0 Å². The Morgan fingerprint density at radius 2 is 1.88 bits per heavy atom. The summed E-state index contributed by atoms with van der Waals surface area (Å²) in [4.78, 5) is 42.4. The first-order valence-electron chi connectivity index (χ1n) is 9.13. The summed E-state index contributed by atoms with van der Waals surface area (Å²) in [6.45, 7) is 5.46. The number of anilines is 1. The Kier molecular flexibility index (Phi) is 5.55. The Balaban J connectivity index is 1.71. The minimum absolute atomic E-state index is 0.0595. The zero-order valence-electron chi connectivity index (χ0n) is 15.3. The van der Waals surface area contributed by atoms with Crippen molar-refractivity contribution in [3.05, 3.63) is 24.3 Å². The summed E-state index contributed by atoms with van der Waals surface area (Å²) in [6, 6.07) is 7.59. The van der Waals surface area contributed by atoms with Crippen molar-refractivity contribution in [2.45, 2.75) is 42.8 Å². The third-order valence-electron chi connectivity index (χ3n) is 4.98. The highest BCUT2D eigenvalue weighted by molar-refractivity contribution is 8.02. The second kappa shape index (κ2) is 7.70. The standard InChI is InChI=1S/C19H25N3O3S/c1-3-22-14-9-5-6-10-15(14)26-19(2,18(22)25)17(24)20-13-16(23)21-11-7-4-8-12-21/h5-6,9-10H,3-4,7-8,11-13H2,1-2H3,(H,20,24). The van der Waals surface area contributed by atoms with E-state index >= 15 is 0 Å². The van der Waals surface area contributed by atoms with E-state index < -0.39 is 10.7 Å². The van der Waals surface area contributed by atoms with Crippen LogP contribution in [-0.2, 0) is 14.4 Å².